The van der Waals surface area contributed by atoms with Gasteiger partial charge in [-0.1, -0.05) is 71.7 Å². The number of rotatable bonds is 3. The largest absolute Gasteiger partial charge is 0.0620 e. The zero-order valence-electron chi connectivity index (χ0n) is 14.3. The summed E-state index contributed by atoms with van der Waals surface area (Å²) in [5.41, 5.74) is 4.15. The summed E-state index contributed by atoms with van der Waals surface area (Å²) < 4.78 is 0. The molecule has 1 saturated carbocycles. The van der Waals surface area contributed by atoms with Crippen LogP contribution in [-0.2, 0) is 5.41 Å². The molecule has 1 aromatic rings. The number of aryl methyl sites for hydroxylation is 1. The van der Waals surface area contributed by atoms with Gasteiger partial charge >= 0.3 is 0 Å². The summed E-state index contributed by atoms with van der Waals surface area (Å²) >= 11 is 0. The van der Waals surface area contributed by atoms with Crippen LogP contribution in [0.2, 0.25) is 0 Å². The lowest BCUT2D eigenvalue weighted by atomic mass is 9.53. The third kappa shape index (κ3) is 2.80. The van der Waals surface area contributed by atoms with Crippen molar-refractivity contribution in [2.24, 2.45) is 10.8 Å². The SMILES string of the molecule is Cc1ccccc1C(C)(C)C[C@]1(C)CCCCC1(C)C. The molecule has 1 fully saturated rings. The quantitative estimate of drug-likeness (QED) is 0.608. The van der Waals surface area contributed by atoms with E-state index in [0.29, 0.717) is 10.8 Å². The van der Waals surface area contributed by atoms with Gasteiger partial charge in [0.2, 0.25) is 0 Å². The minimum absolute atomic E-state index is 0.259. The van der Waals surface area contributed by atoms with Crippen molar-refractivity contribution in [3.8, 4) is 0 Å². The van der Waals surface area contributed by atoms with Crippen LogP contribution in [-0.4, -0.2) is 0 Å². The van der Waals surface area contributed by atoms with Gasteiger partial charge in [0.25, 0.3) is 0 Å². The molecule has 1 atom stereocenters. The van der Waals surface area contributed by atoms with Crippen LogP contribution in [0.5, 0.6) is 0 Å². The summed E-state index contributed by atoms with van der Waals surface area (Å²) in [6.07, 6.45) is 6.87. The van der Waals surface area contributed by atoms with Crippen molar-refractivity contribution in [3.63, 3.8) is 0 Å². The molecule has 0 bridgehead atoms. The Balaban J connectivity index is 2.30. The van der Waals surface area contributed by atoms with E-state index in [2.05, 4.69) is 65.8 Å². The smallest absolute Gasteiger partial charge is 0.00956 e. The highest BCUT2D eigenvalue weighted by Crippen LogP contribution is 2.55. The Morgan fingerprint density at radius 2 is 1.60 bits per heavy atom. The van der Waals surface area contributed by atoms with Crippen molar-refractivity contribution < 1.29 is 0 Å². The lowest BCUT2D eigenvalue weighted by Crippen LogP contribution is -2.42. The monoisotopic (exact) mass is 272 g/mol. The highest BCUT2D eigenvalue weighted by molar-refractivity contribution is 5.32. The first-order valence-electron chi connectivity index (χ1n) is 8.24. The molecule has 0 aliphatic heterocycles. The predicted octanol–water partition coefficient (Wildman–Crippen LogP) is 6.27. The van der Waals surface area contributed by atoms with Crippen LogP contribution >= 0.6 is 0 Å². The van der Waals surface area contributed by atoms with Crippen molar-refractivity contribution in [1.29, 1.82) is 0 Å². The second kappa shape index (κ2) is 5.20. The number of benzene rings is 1. The molecule has 20 heavy (non-hydrogen) atoms. The predicted molar refractivity (Wildman–Crippen MR) is 89.2 cm³/mol. The maximum Gasteiger partial charge on any atom is -0.00956 e. The van der Waals surface area contributed by atoms with Gasteiger partial charge < -0.3 is 0 Å². The van der Waals surface area contributed by atoms with Crippen LogP contribution in [0.4, 0.5) is 0 Å². The first kappa shape index (κ1) is 15.6. The van der Waals surface area contributed by atoms with E-state index in [1.807, 2.05) is 0 Å². The van der Waals surface area contributed by atoms with Gasteiger partial charge in [0, 0.05) is 0 Å². The van der Waals surface area contributed by atoms with E-state index in [0.717, 1.165) is 0 Å². The minimum atomic E-state index is 0.259. The fraction of sp³-hybridized carbons (Fsp3) is 0.700. The average molecular weight is 272 g/mol. The van der Waals surface area contributed by atoms with Crippen LogP contribution in [0, 0.1) is 17.8 Å². The van der Waals surface area contributed by atoms with Crippen molar-refractivity contribution in [1.82, 2.24) is 0 Å². The van der Waals surface area contributed by atoms with Crippen LogP contribution < -0.4 is 0 Å². The Kier molecular flexibility index (Phi) is 4.06. The Hall–Kier alpha value is -0.780. The molecule has 2 rings (SSSR count). The second-order valence-corrected chi connectivity index (χ2v) is 8.53. The van der Waals surface area contributed by atoms with Crippen molar-refractivity contribution in [2.45, 2.75) is 79.1 Å². The van der Waals surface area contributed by atoms with Gasteiger partial charge in [-0.05, 0) is 53.6 Å². The standard InChI is InChI=1S/C20H32/c1-16-11-7-8-12-17(16)18(2,3)15-20(6)14-10-9-13-19(20,4)5/h7-8,11-12H,9-10,13-15H2,1-6H3/t20-/m0/s1. The van der Waals surface area contributed by atoms with E-state index in [1.165, 1.54) is 43.2 Å². The summed E-state index contributed by atoms with van der Waals surface area (Å²) in [6, 6.07) is 8.93. The molecule has 0 heterocycles. The molecular formula is C20H32. The molecular weight excluding hydrogens is 240 g/mol. The summed E-state index contributed by atoms with van der Waals surface area (Å²) in [6.45, 7) is 14.6. The summed E-state index contributed by atoms with van der Waals surface area (Å²) in [5, 5.41) is 0. The maximum absolute atomic E-state index is 2.53. The molecule has 0 nitrogen and oxygen atoms in total. The molecule has 0 spiro atoms. The molecule has 0 N–H and O–H groups in total. The van der Waals surface area contributed by atoms with E-state index in [1.54, 1.807) is 0 Å². The molecule has 112 valence electrons. The normalized spacial score (nSPS) is 26.5. The zero-order valence-corrected chi connectivity index (χ0v) is 14.3. The lowest BCUT2D eigenvalue weighted by Gasteiger charge is -2.52. The van der Waals surface area contributed by atoms with Gasteiger partial charge in [-0.2, -0.15) is 0 Å². The molecule has 0 saturated heterocycles. The Bertz CT molecular complexity index is 467. The summed E-state index contributed by atoms with van der Waals surface area (Å²) in [7, 11) is 0. The molecule has 0 aromatic heterocycles. The fourth-order valence-corrected chi connectivity index (χ4v) is 4.45. The van der Waals surface area contributed by atoms with Gasteiger partial charge in [-0.15, -0.1) is 0 Å². The van der Waals surface area contributed by atoms with E-state index in [4.69, 9.17) is 0 Å². The molecule has 0 heteroatoms. The highest BCUT2D eigenvalue weighted by atomic mass is 14.5. The molecule has 0 amide bonds. The third-order valence-corrected chi connectivity index (χ3v) is 6.12. The van der Waals surface area contributed by atoms with Crippen LogP contribution in [0.1, 0.15) is 77.8 Å². The van der Waals surface area contributed by atoms with Crippen molar-refractivity contribution in [3.05, 3.63) is 35.4 Å². The first-order chi connectivity index (χ1) is 9.18. The van der Waals surface area contributed by atoms with Crippen LogP contribution in [0.25, 0.3) is 0 Å². The minimum Gasteiger partial charge on any atom is -0.0620 e. The van der Waals surface area contributed by atoms with Crippen molar-refractivity contribution in [2.75, 3.05) is 0 Å². The Morgan fingerprint density at radius 3 is 2.20 bits per heavy atom. The zero-order chi connectivity index (χ0) is 15.0. The summed E-state index contributed by atoms with van der Waals surface area (Å²) in [4.78, 5) is 0. The van der Waals surface area contributed by atoms with Gasteiger partial charge in [0.15, 0.2) is 0 Å². The number of hydrogen-bond donors (Lipinski definition) is 0. The first-order valence-corrected chi connectivity index (χ1v) is 8.24. The van der Waals surface area contributed by atoms with E-state index in [9.17, 15) is 0 Å². The molecule has 1 aliphatic carbocycles. The molecule has 1 aromatic carbocycles. The Labute approximate surface area is 126 Å². The summed E-state index contributed by atoms with van der Waals surface area (Å²) in [5.74, 6) is 0. The molecule has 0 radical (unpaired) electrons. The second-order valence-electron chi connectivity index (χ2n) is 8.53. The molecule has 0 unspecified atom stereocenters. The van der Waals surface area contributed by atoms with E-state index in [-0.39, 0.29) is 5.41 Å². The van der Waals surface area contributed by atoms with Gasteiger partial charge in [-0.25, -0.2) is 0 Å². The van der Waals surface area contributed by atoms with E-state index < -0.39 is 0 Å². The van der Waals surface area contributed by atoms with Crippen LogP contribution in [0.15, 0.2) is 24.3 Å². The Morgan fingerprint density at radius 1 is 1.00 bits per heavy atom. The van der Waals surface area contributed by atoms with Gasteiger partial charge in [-0.3, -0.25) is 0 Å². The van der Waals surface area contributed by atoms with Crippen molar-refractivity contribution >= 4 is 0 Å². The van der Waals surface area contributed by atoms with E-state index >= 15 is 0 Å². The molecule has 1 aliphatic rings. The maximum atomic E-state index is 2.53. The lowest BCUT2D eigenvalue weighted by molar-refractivity contribution is 0.00720. The fourth-order valence-electron chi connectivity index (χ4n) is 4.45. The highest BCUT2D eigenvalue weighted by Gasteiger charge is 2.45. The number of hydrogen-bond acceptors (Lipinski definition) is 0. The van der Waals surface area contributed by atoms with Gasteiger partial charge in [0.1, 0.15) is 0 Å². The third-order valence-electron chi connectivity index (χ3n) is 6.12. The van der Waals surface area contributed by atoms with Crippen LogP contribution in [0.3, 0.4) is 0 Å². The topological polar surface area (TPSA) is 0 Å². The average Bonchev–Trinajstić information content (AvgIpc) is 2.33. The van der Waals surface area contributed by atoms with Gasteiger partial charge in [0.05, 0.1) is 0 Å².